The highest BCUT2D eigenvalue weighted by Gasteiger charge is 2.31. The molecule has 1 atom stereocenters. The van der Waals surface area contributed by atoms with E-state index in [4.69, 9.17) is 17.3 Å². The Kier molecular flexibility index (Phi) is 6.72. The van der Waals surface area contributed by atoms with Gasteiger partial charge in [-0.2, -0.15) is 0 Å². The molecule has 1 aromatic rings. The molecule has 1 aromatic carbocycles. The predicted octanol–water partition coefficient (Wildman–Crippen LogP) is 2.26. The molecule has 2 rings (SSSR count). The standard InChI is InChI=1S/C17H18N2O4S2/c1-11(16(22)23)18-14(20)8-5-9-19-15(21)13(25-17(19)24)10-12-6-3-2-4-7-12/h2-4,6-7,10-11H,5,8-9H2,1H3,(H,18,20)(H,22,23)/b13-10-. The monoisotopic (exact) mass is 378 g/mol. The molecule has 1 fully saturated rings. The van der Waals surface area contributed by atoms with Gasteiger partial charge in [-0.25, -0.2) is 0 Å². The lowest BCUT2D eigenvalue weighted by Gasteiger charge is -2.14. The summed E-state index contributed by atoms with van der Waals surface area (Å²) in [5.74, 6) is -1.62. The summed E-state index contributed by atoms with van der Waals surface area (Å²) >= 11 is 6.48. The van der Waals surface area contributed by atoms with Crippen LogP contribution in [0.3, 0.4) is 0 Å². The molecular weight excluding hydrogens is 360 g/mol. The third-order valence-corrected chi connectivity index (χ3v) is 4.88. The van der Waals surface area contributed by atoms with Crippen LogP contribution in [-0.4, -0.2) is 44.7 Å². The molecule has 0 saturated carbocycles. The van der Waals surface area contributed by atoms with Crippen LogP contribution < -0.4 is 5.32 Å². The Balaban J connectivity index is 1.88. The molecule has 0 bridgehead atoms. The molecule has 2 amide bonds. The normalized spacial score (nSPS) is 17.0. The molecule has 6 nitrogen and oxygen atoms in total. The summed E-state index contributed by atoms with van der Waals surface area (Å²) in [6.07, 6.45) is 2.33. The zero-order chi connectivity index (χ0) is 18.4. The average Bonchev–Trinajstić information content (AvgIpc) is 2.83. The number of hydrogen-bond donors (Lipinski definition) is 2. The summed E-state index contributed by atoms with van der Waals surface area (Å²) in [5.41, 5.74) is 0.921. The van der Waals surface area contributed by atoms with E-state index in [-0.39, 0.29) is 18.2 Å². The van der Waals surface area contributed by atoms with Gasteiger partial charge in [0.25, 0.3) is 5.91 Å². The summed E-state index contributed by atoms with van der Waals surface area (Å²) in [6.45, 7) is 1.72. The number of nitrogens with zero attached hydrogens (tertiary/aromatic N) is 1. The van der Waals surface area contributed by atoms with E-state index in [0.717, 1.165) is 5.56 Å². The van der Waals surface area contributed by atoms with E-state index in [1.807, 2.05) is 30.3 Å². The number of nitrogens with one attached hydrogen (secondary N) is 1. The predicted molar refractivity (Wildman–Crippen MR) is 101 cm³/mol. The first-order chi connectivity index (χ1) is 11.9. The number of carboxylic acid groups (broad SMARTS) is 1. The molecule has 1 saturated heterocycles. The van der Waals surface area contributed by atoms with Crippen molar-refractivity contribution in [2.45, 2.75) is 25.8 Å². The van der Waals surface area contributed by atoms with Gasteiger partial charge < -0.3 is 10.4 Å². The Hall–Kier alpha value is -2.19. The molecule has 1 unspecified atom stereocenters. The molecule has 25 heavy (non-hydrogen) atoms. The van der Waals surface area contributed by atoms with Crippen molar-refractivity contribution in [3.63, 3.8) is 0 Å². The van der Waals surface area contributed by atoms with Gasteiger partial charge in [-0.1, -0.05) is 54.3 Å². The Morgan fingerprint density at radius 1 is 1.36 bits per heavy atom. The lowest BCUT2D eigenvalue weighted by atomic mass is 10.2. The summed E-state index contributed by atoms with van der Waals surface area (Å²) in [5, 5.41) is 11.1. The summed E-state index contributed by atoms with van der Waals surface area (Å²) in [7, 11) is 0. The van der Waals surface area contributed by atoms with E-state index in [2.05, 4.69) is 5.32 Å². The molecule has 0 aromatic heterocycles. The molecule has 1 heterocycles. The van der Waals surface area contributed by atoms with Crippen LogP contribution in [0.4, 0.5) is 0 Å². The molecule has 1 aliphatic heterocycles. The Labute approximate surface area is 155 Å². The summed E-state index contributed by atoms with van der Waals surface area (Å²) in [6, 6.07) is 8.56. The average molecular weight is 378 g/mol. The molecular formula is C17H18N2O4S2. The third kappa shape index (κ3) is 5.40. The number of carbonyl (C=O) groups excluding carboxylic acids is 2. The van der Waals surface area contributed by atoms with Gasteiger partial charge in [0, 0.05) is 13.0 Å². The minimum atomic E-state index is -1.09. The molecule has 1 aliphatic rings. The highest BCUT2D eigenvalue weighted by molar-refractivity contribution is 8.26. The van der Waals surface area contributed by atoms with Crippen LogP contribution >= 0.6 is 24.0 Å². The number of rotatable bonds is 7. The Bertz CT molecular complexity index is 719. The van der Waals surface area contributed by atoms with E-state index < -0.39 is 12.0 Å². The number of carbonyl (C=O) groups is 3. The fourth-order valence-corrected chi connectivity index (χ4v) is 3.48. The molecule has 132 valence electrons. The van der Waals surface area contributed by atoms with Crippen molar-refractivity contribution >= 4 is 52.2 Å². The van der Waals surface area contributed by atoms with Gasteiger partial charge in [-0.3, -0.25) is 19.3 Å². The van der Waals surface area contributed by atoms with Crippen molar-refractivity contribution in [2.24, 2.45) is 0 Å². The molecule has 0 spiro atoms. The number of thiocarbonyl (C=S) groups is 1. The molecule has 2 N–H and O–H groups in total. The number of aliphatic carboxylic acids is 1. The van der Waals surface area contributed by atoms with Crippen LogP contribution in [0.5, 0.6) is 0 Å². The summed E-state index contributed by atoms with van der Waals surface area (Å²) < 4.78 is 0.464. The largest absolute Gasteiger partial charge is 0.480 e. The highest BCUT2D eigenvalue weighted by Crippen LogP contribution is 2.32. The van der Waals surface area contributed by atoms with Gasteiger partial charge >= 0.3 is 5.97 Å². The maximum atomic E-state index is 12.4. The minimum Gasteiger partial charge on any atom is -0.480 e. The van der Waals surface area contributed by atoms with E-state index in [0.29, 0.717) is 22.2 Å². The van der Waals surface area contributed by atoms with Crippen LogP contribution in [0, 0.1) is 0 Å². The third-order valence-electron chi connectivity index (χ3n) is 3.50. The first kappa shape index (κ1) is 19.1. The van der Waals surface area contributed by atoms with Gasteiger partial charge in [-0.15, -0.1) is 0 Å². The van der Waals surface area contributed by atoms with Gasteiger partial charge in [0.2, 0.25) is 5.91 Å². The van der Waals surface area contributed by atoms with Crippen LogP contribution in [0.2, 0.25) is 0 Å². The zero-order valence-electron chi connectivity index (χ0n) is 13.6. The van der Waals surface area contributed by atoms with Crippen LogP contribution in [0.25, 0.3) is 6.08 Å². The van der Waals surface area contributed by atoms with E-state index in [9.17, 15) is 14.4 Å². The Morgan fingerprint density at radius 3 is 2.68 bits per heavy atom. The second kappa shape index (κ2) is 8.77. The lowest BCUT2D eigenvalue weighted by Crippen LogP contribution is -2.38. The zero-order valence-corrected chi connectivity index (χ0v) is 15.2. The number of thioether (sulfide) groups is 1. The van der Waals surface area contributed by atoms with E-state index >= 15 is 0 Å². The topological polar surface area (TPSA) is 86.7 Å². The maximum absolute atomic E-state index is 12.4. The number of hydrogen-bond acceptors (Lipinski definition) is 5. The first-order valence-electron chi connectivity index (χ1n) is 7.71. The lowest BCUT2D eigenvalue weighted by molar-refractivity contribution is -0.141. The number of carboxylic acids is 1. The smallest absolute Gasteiger partial charge is 0.325 e. The fraction of sp³-hybridized carbons (Fsp3) is 0.294. The first-order valence-corrected chi connectivity index (χ1v) is 8.93. The van der Waals surface area contributed by atoms with Crippen molar-refractivity contribution in [1.29, 1.82) is 0 Å². The van der Waals surface area contributed by atoms with Crippen LogP contribution in [-0.2, 0) is 14.4 Å². The van der Waals surface area contributed by atoms with Crippen molar-refractivity contribution in [1.82, 2.24) is 10.2 Å². The van der Waals surface area contributed by atoms with Crippen molar-refractivity contribution < 1.29 is 19.5 Å². The van der Waals surface area contributed by atoms with Crippen molar-refractivity contribution in [3.05, 3.63) is 40.8 Å². The van der Waals surface area contributed by atoms with E-state index in [1.54, 1.807) is 6.08 Å². The molecule has 0 radical (unpaired) electrons. The van der Waals surface area contributed by atoms with Crippen LogP contribution in [0.1, 0.15) is 25.3 Å². The van der Waals surface area contributed by atoms with Gasteiger partial charge in [-0.05, 0) is 25.0 Å². The van der Waals surface area contributed by atoms with Gasteiger partial charge in [0.1, 0.15) is 10.4 Å². The Morgan fingerprint density at radius 2 is 2.04 bits per heavy atom. The summed E-state index contributed by atoms with van der Waals surface area (Å²) in [4.78, 5) is 36.8. The minimum absolute atomic E-state index is 0.131. The molecule has 8 heteroatoms. The van der Waals surface area contributed by atoms with Crippen LogP contribution in [0.15, 0.2) is 35.2 Å². The second-order valence-electron chi connectivity index (χ2n) is 5.48. The number of benzene rings is 1. The second-order valence-corrected chi connectivity index (χ2v) is 7.15. The quantitative estimate of drug-likeness (QED) is 0.559. The maximum Gasteiger partial charge on any atom is 0.325 e. The van der Waals surface area contributed by atoms with Gasteiger partial charge in [0.15, 0.2) is 0 Å². The van der Waals surface area contributed by atoms with E-state index in [1.165, 1.54) is 23.6 Å². The SMILES string of the molecule is CC(NC(=O)CCCN1C(=O)/C(=C/c2ccccc2)SC1=S)C(=O)O. The number of amides is 2. The van der Waals surface area contributed by atoms with Crippen molar-refractivity contribution in [2.75, 3.05) is 6.54 Å². The highest BCUT2D eigenvalue weighted by atomic mass is 32.2. The molecule has 0 aliphatic carbocycles. The fourth-order valence-electron chi connectivity index (χ4n) is 2.17. The van der Waals surface area contributed by atoms with Crippen molar-refractivity contribution in [3.8, 4) is 0 Å². The van der Waals surface area contributed by atoms with Gasteiger partial charge in [0.05, 0.1) is 4.91 Å².